The molecule has 0 saturated heterocycles. The fourth-order valence-corrected chi connectivity index (χ4v) is 2.14. The van der Waals surface area contributed by atoms with Crippen LogP contribution in [0.1, 0.15) is 37.0 Å². The molecule has 114 valence electrons. The van der Waals surface area contributed by atoms with Crippen molar-refractivity contribution in [1.82, 2.24) is 10.9 Å². The number of nitrogens with one attached hydrogen (secondary N) is 2. The maximum absolute atomic E-state index is 12.0. The molecule has 0 unspecified atom stereocenters. The first-order valence-corrected chi connectivity index (χ1v) is 7.15. The van der Waals surface area contributed by atoms with E-state index in [9.17, 15) is 9.59 Å². The van der Waals surface area contributed by atoms with Gasteiger partial charge >= 0.3 is 0 Å². The van der Waals surface area contributed by atoms with E-state index in [1.807, 2.05) is 13.8 Å². The highest BCUT2D eigenvalue weighted by atomic mass is 16.6. The maximum Gasteiger partial charge on any atom is 0.269 e. The van der Waals surface area contributed by atoms with Gasteiger partial charge < -0.3 is 9.47 Å². The number of fused-ring (bicyclic) bond motifs is 1. The van der Waals surface area contributed by atoms with E-state index in [-0.39, 0.29) is 17.7 Å². The van der Waals surface area contributed by atoms with E-state index in [0.29, 0.717) is 30.3 Å². The largest absolute Gasteiger partial charge is 0.486 e. The maximum atomic E-state index is 12.0. The van der Waals surface area contributed by atoms with Gasteiger partial charge in [-0.25, -0.2) is 0 Å². The minimum atomic E-state index is -0.383. The molecule has 1 aliphatic heterocycles. The first kappa shape index (κ1) is 15.2. The van der Waals surface area contributed by atoms with Gasteiger partial charge in [0, 0.05) is 11.5 Å². The first-order valence-electron chi connectivity index (χ1n) is 7.15. The predicted octanol–water partition coefficient (Wildman–Crippen LogP) is 1.65. The molecule has 1 aromatic carbocycles. The van der Waals surface area contributed by atoms with Gasteiger partial charge in [0.15, 0.2) is 11.5 Å². The molecule has 6 nitrogen and oxygen atoms in total. The molecule has 0 saturated carbocycles. The standard InChI is InChI=1S/C15H20N2O4/c1-3-10(4-2)14(18)16-17-15(19)11-5-6-12-13(9-11)21-8-7-20-12/h5-6,9-10H,3-4,7-8H2,1-2H3,(H,16,18)(H,17,19). The van der Waals surface area contributed by atoms with Crippen LogP contribution in [0.5, 0.6) is 11.5 Å². The zero-order valence-corrected chi connectivity index (χ0v) is 12.3. The minimum Gasteiger partial charge on any atom is -0.486 e. The highest BCUT2D eigenvalue weighted by molar-refractivity contribution is 5.96. The minimum absolute atomic E-state index is 0.0921. The summed E-state index contributed by atoms with van der Waals surface area (Å²) in [5.74, 6) is 0.516. The monoisotopic (exact) mass is 292 g/mol. The van der Waals surface area contributed by atoms with Gasteiger partial charge in [-0.05, 0) is 31.0 Å². The highest BCUT2D eigenvalue weighted by Gasteiger charge is 2.17. The van der Waals surface area contributed by atoms with Gasteiger partial charge in [-0.2, -0.15) is 0 Å². The van der Waals surface area contributed by atoms with Crippen LogP contribution in [0.2, 0.25) is 0 Å². The number of hydrazine groups is 1. The van der Waals surface area contributed by atoms with Crippen LogP contribution in [0.25, 0.3) is 0 Å². The highest BCUT2D eigenvalue weighted by Crippen LogP contribution is 2.30. The van der Waals surface area contributed by atoms with E-state index < -0.39 is 0 Å². The predicted molar refractivity (Wildman–Crippen MR) is 77.1 cm³/mol. The normalized spacial score (nSPS) is 12.9. The second kappa shape index (κ2) is 6.97. The van der Waals surface area contributed by atoms with Gasteiger partial charge in [-0.3, -0.25) is 20.4 Å². The Labute approximate surface area is 123 Å². The zero-order chi connectivity index (χ0) is 15.2. The van der Waals surface area contributed by atoms with Gasteiger partial charge in [0.2, 0.25) is 5.91 Å². The number of hydrogen-bond donors (Lipinski definition) is 2. The van der Waals surface area contributed by atoms with Gasteiger partial charge in [-0.1, -0.05) is 13.8 Å². The van der Waals surface area contributed by atoms with Gasteiger partial charge in [-0.15, -0.1) is 0 Å². The summed E-state index contributed by atoms with van der Waals surface area (Å²) in [6, 6.07) is 4.92. The van der Waals surface area contributed by atoms with Crippen molar-refractivity contribution in [2.45, 2.75) is 26.7 Å². The van der Waals surface area contributed by atoms with Crippen LogP contribution in [0.15, 0.2) is 18.2 Å². The number of benzene rings is 1. The molecule has 0 aromatic heterocycles. The van der Waals surface area contributed by atoms with E-state index in [2.05, 4.69) is 10.9 Å². The van der Waals surface area contributed by atoms with E-state index in [0.717, 1.165) is 12.8 Å². The molecule has 6 heteroatoms. The van der Waals surface area contributed by atoms with Crippen molar-refractivity contribution in [1.29, 1.82) is 0 Å². The Morgan fingerprint density at radius 2 is 1.76 bits per heavy atom. The van der Waals surface area contributed by atoms with Crippen LogP contribution >= 0.6 is 0 Å². The molecule has 0 radical (unpaired) electrons. The first-order chi connectivity index (χ1) is 10.2. The quantitative estimate of drug-likeness (QED) is 0.827. The number of amides is 2. The van der Waals surface area contributed by atoms with E-state index in [1.54, 1.807) is 18.2 Å². The lowest BCUT2D eigenvalue weighted by Crippen LogP contribution is -2.44. The van der Waals surface area contributed by atoms with Crippen molar-refractivity contribution in [3.63, 3.8) is 0 Å². The number of ether oxygens (including phenoxy) is 2. The molecule has 0 fully saturated rings. The summed E-state index contributed by atoms with van der Waals surface area (Å²) in [5, 5.41) is 0. The smallest absolute Gasteiger partial charge is 0.269 e. The third-order valence-electron chi connectivity index (χ3n) is 3.46. The third kappa shape index (κ3) is 3.65. The van der Waals surface area contributed by atoms with Crippen molar-refractivity contribution >= 4 is 11.8 Å². The lowest BCUT2D eigenvalue weighted by atomic mass is 10.0. The number of rotatable bonds is 4. The molecule has 0 aliphatic carbocycles. The summed E-state index contributed by atoms with van der Waals surface area (Å²) in [6.07, 6.45) is 1.48. The van der Waals surface area contributed by atoms with Gasteiger partial charge in [0.05, 0.1) is 0 Å². The van der Waals surface area contributed by atoms with Crippen molar-refractivity contribution in [2.24, 2.45) is 5.92 Å². The summed E-state index contributed by atoms with van der Waals surface area (Å²) in [6.45, 7) is 4.85. The molecule has 1 aromatic rings. The molecule has 21 heavy (non-hydrogen) atoms. The lowest BCUT2D eigenvalue weighted by Gasteiger charge is -2.19. The summed E-state index contributed by atoms with van der Waals surface area (Å²) in [4.78, 5) is 23.8. The van der Waals surface area contributed by atoms with Crippen LogP contribution in [-0.2, 0) is 4.79 Å². The Balaban J connectivity index is 1.96. The Kier molecular flexibility index (Phi) is 5.03. The van der Waals surface area contributed by atoms with E-state index in [4.69, 9.17) is 9.47 Å². The van der Waals surface area contributed by atoms with Crippen LogP contribution in [0, 0.1) is 5.92 Å². The molecular weight excluding hydrogens is 272 g/mol. The molecular formula is C15H20N2O4. The van der Waals surface area contributed by atoms with Crippen LogP contribution in [0.3, 0.4) is 0 Å². The fourth-order valence-electron chi connectivity index (χ4n) is 2.14. The fraction of sp³-hybridized carbons (Fsp3) is 0.467. The van der Waals surface area contributed by atoms with Gasteiger partial charge in [0.1, 0.15) is 13.2 Å². The average molecular weight is 292 g/mol. The summed E-state index contributed by atoms with van der Waals surface area (Å²) in [7, 11) is 0. The molecule has 2 N–H and O–H groups in total. The number of carbonyl (C=O) groups excluding carboxylic acids is 2. The topological polar surface area (TPSA) is 76.7 Å². The van der Waals surface area contributed by atoms with Crippen molar-refractivity contribution in [3.05, 3.63) is 23.8 Å². The molecule has 2 rings (SSSR count). The SMILES string of the molecule is CCC(CC)C(=O)NNC(=O)c1ccc2c(c1)OCCO2. The van der Waals surface area contributed by atoms with E-state index >= 15 is 0 Å². The Morgan fingerprint density at radius 3 is 2.43 bits per heavy atom. The molecule has 2 amide bonds. The Bertz CT molecular complexity index is 526. The number of carbonyl (C=O) groups is 2. The zero-order valence-electron chi connectivity index (χ0n) is 12.3. The van der Waals surface area contributed by atoms with Crippen LogP contribution in [0.4, 0.5) is 0 Å². The second-order valence-electron chi connectivity index (χ2n) is 4.82. The van der Waals surface area contributed by atoms with Crippen molar-refractivity contribution < 1.29 is 19.1 Å². The Hall–Kier alpha value is -2.24. The molecule has 0 atom stereocenters. The summed E-state index contributed by atoms with van der Waals surface area (Å²) >= 11 is 0. The third-order valence-corrected chi connectivity index (χ3v) is 3.46. The number of hydrogen-bond acceptors (Lipinski definition) is 4. The molecule has 0 spiro atoms. The summed E-state index contributed by atoms with van der Waals surface area (Å²) in [5.41, 5.74) is 5.28. The summed E-state index contributed by atoms with van der Waals surface area (Å²) < 4.78 is 10.8. The lowest BCUT2D eigenvalue weighted by molar-refractivity contribution is -0.125. The Morgan fingerprint density at radius 1 is 1.10 bits per heavy atom. The van der Waals surface area contributed by atoms with Crippen LogP contribution in [-0.4, -0.2) is 25.0 Å². The molecule has 1 heterocycles. The van der Waals surface area contributed by atoms with E-state index in [1.165, 1.54) is 0 Å². The van der Waals surface area contributed by atoms with Gasteiger partial charge in [0.25, 0.3) is 5.91 Å². The molecule has 0 bridgehead atoms. The average Bonchev–Trinajstić information content (AvgIpc) is 2.53. The van der Waals surface area contributed by atoms with Crippen molar-refractivity contribution in [3.8, 4) is 11.5 Å². The second-order valence-corrected chi connectivity index (χ2v) is 4.82. The molecule has 1 aliphatic rings. The van der Waals surface area contributed by atoms with Crippen LogP contribution < -0.4 is 20.3 Å². The van der Waals surface area contributed by atoms with Crippen molar-refractivity contribution in [2.75, 3.05) is 13.2 Å².